The molecule has 1 aromatic heterocycles. The number of anilines is 2. The van der Waals surface area contributed by atoms with E-state index < -0.39 is 0 Å². The van der Waals surface area contributed by atoms with Crippen molar-refractivity contribution in [2.24, 2.45) is 5.92 Å². The van der Waals surface area contributed by atoms with Crippen molar-refractivity contribution >= 4 is 17.3 Å². The molecule has 1 aliphatic rings. The van der Waals surface area contributed by atoms with Crippen molar-refractivity contribution in [3.8, 4) is 0 Å². The molecule has 2 aromatic rings. The molecule has 1 unspecified atom stereocenters. The van der Waals surface area contributed by atoms with Crippen molar-refractivity contribution in [2.45, 2.75) is 19.8 Å². The average molecular weight is 313 g/mol. The van der Waals surface area contributed by atoms with Crippen molar-refractivity contribution in [3.05, 3.63) is 54.1 Å². The second kappa shape index (κ2) is 6.77. The lowest BCUT2D eigenvalue weighted by Gasteiger charge is -2.32. The van der Waals surface area contributed by atoms with Crippen molar-refractivity contribution in [3.63, 3.8) is 0 Å². The van der Waals surface area contributed by atoms with E-state index in [0.29, 0.717) is 17.2 Å². The lowest BCUT2D eigenvalue weighted by molar-refractivity contribution is 0.102. The molecule has 1 N–H and O–H groups in total. The first-order valence-corrected chi connectivity index (χ1v) is 7.89. The highest BCUT2D eigenvalue weighted by atomic mass is 19.1. The van der Waals surface area contributed by atoms with E-state index in [1.54, 1.807) is 12.4 Å². The van der Waals surface area contributed by atoms with E-state index in [1.165, 1.54) is 30.7 Å². The summed E-state index contributed by atoms with van der Waals surface area (Å²) < 4.78 is 12.9. The summed E-state index contributed by atoms with van der Waals surface area (Å²) in [5, 5.41) is 2.76. The molecule has 23 heavy (non-hydrogen) atoms. The van der Waals surface area contributed by atoms with Crippen LogP contribution in [0.4, 0.5) is 15.8 Å². The van der Waals surface area contributed by atoms with Gasteiger partial charge >= 0.3 is 0 Å². The summed E-state index contributed by atoms with van der Waals surface area (Å²) in [6.45, 7) is 4.23. The molecule has 120 valence electrons. The lowest BCUT2D eigenvalue weighted by Crippen LogP contribution is -2.34. The highest BCUT2D eigenvalue weighted by Gasteiger charge is 2.18. The van der Waals surface area contributed by atoms with Gasteiger partial charge in [-0.25, -0.2) is 4.39 Å². The zero-order chi connectivity index (χ0) is 16.2. The smallest absolute Gasteiger partial charge is 0.257 e. The van der Waals surface area contributed by atoms with Crippen molar-refractivity contribution in [1.82, 2.24) is 4.98 Å². The fourth-order valence-electron chi connectivity index (χ4n) is 2.89. The number of nitrogens with one attached hydrogen (secondary N) is 1. The number of carbonyl (C=O) groups is 1. The molecule has 1 saturated heterocycles. The van der Waals surface area contributed by atoms with E-state index in [0.717, 1.165) is 25.2 Å². The Kier molecular flexibility index (Phi) is 4.55. The zero-order valence-corrected chi connectivity index (χ0v) is 13.1. The average Bonchev–Trinajstić information content (AvgIpc) is 2.57. The minimum Gasteiger partial charge on any atom is -0.370 e. The number of piperidine rings is 1. The molecule has 0 bridgehead atoms. The largest absolute Gasteiger partial charge is 0.370 e. The number of hydrogen-bond donors (Lipinski definition) is 1. The van der Waals surface area contributed by atoms with E-state index >= 15 is 0 Å². The Hall–Kier alpha value is -2.43. The quantitative estimate of drug-likeness (QED) is 0.939. The number of hydrogen-bond acceptors (Lipinski definition) is 3. The monoisotopic (exact) mass is 313 g/mol. The minimum absolute atomic E-state index is 0.240. The van der Waals surface area contributed by atoms with Gasteiger partial charge in [-0.15, -0.1) is 0 Å². The van der Waals surface area contributed by atoms with Crippen LogP contribution in [-0.4, -0.2) is 24.0 Å². The summed E-state index contributed by atoms with van der Waals surface area (Å²) in [5.74, 6) is 0.0855. The molecule has 0 spiro atoms. The third-order valence-corrected chi connectivity index (χ3v) is 4.11. The molecule has 1 fully saturated rings. The van der Waals surface area contributed by atoms with E-state index in [4.69, 9.17) is 0 Å². The van der Waals surface area contributed by atoms with Gasteiger partial charge in [0.05, 0.1) is 17.4 Å². The van der Waals surface area contributed by atoms with Crippen LogP contribution in [-0.2, 0) is 0 Å². The molecule has 3 rings (SSSR count). The first kappa shape index (κ1) is 15.5. The van der Waals surface area contributed by atoms with Gasteiger partial charge in [0.2, 0.25) is 0 Å². The summed E-state index contributed by atoms with van der Waals surface area (Å²) in [6, 6.07) is 7.58. The van der Waals surface area contributed by atoms with Crippen LogP contribution in [0.15, 0.2) is 42.7 Å². The summed E-state index contributed by atoms with van der Waals surface area (Å²) in [7, 11) is 0. The normalized spacial score (nSPS) is 17.8. The van der Waals surface area contributed by atoms with Crippen LogP contribution in [0.1, 0.15) is 30.1 Å². The predicted octanol–water partition coefficient (Wildman–Crippen LogP) is 3.71. The van der Waals surface area contributed by atoms with Gasteiger partial charge in [0, 0.05) is 25.0 Å². The molecule has 1 aliphatic heterocycles. The first-order valence-electron chi connectivity index (χ1n) is 7.89. The molecule has 2 heterocycles. The van der Waals surface area contributed by atoms with Gasteiger partial charge in [-0.1, -0.05) is 6.92 Å². The summed E-state index contributed by atoms with van der Waals surface area (Å²) in [6.07, 6.45) is 5.75. The standard InChI is InChI=1S/C18H20FN3O/c1-13-3-2-8-22(12-13)17-9-14(10-20-11-17)18(23)21-16-6-4-15(19)5-7-16/h4-7,9-11,13H,2-3,8,12H2,1H3,(H,21,23). The Bertz CT molecular complexity index is 687. The molecule has 1 atom stereocenters. The fraction of sp³-hybridized carbons (Fsp3) is 0.333. The first-order chi connectivity index (χ1) is 11.1. The molecule has 1 amide bonds. The van der Waals surface area contributed by atoms with Crippen LogP contribution in [0.2, 0.25) is 0 Å². The SMILES string of the molecule is CC1CCCN(c2cncc(C(=O)Nc3ccc(F)cc3)c2)C1. The number of benzene rings is 1. The number of rotatable bonds is 3. The number of aromatic nitrogens is 1. The maximum absolute atomic E-state index is 12.9. The molecule has 5 heteroatoms. The Balaban J connectivity index is 1.73. The van der Waals surface area contributed by atoms with Gasteiger partial charge in [0.1, 0.15) is 5.82 Å². The third kappa shape index (κ3) is 3.86. The van der Waals surface area contributed by atoms with Crippen LogP contribution in [0.5, 0.6) is 0 Å². The van der Waals surface area contributed by atoms with Gasteiger partial charge in [-0.05, 0) is 49.1 Å². The zero-order valence-electron chi connectivity index (χ0n) is 13.1. The maximum Gasteiger partial charge on any atom is 0.257 e. The minimum atomic E-state index is -0.328. The van der Waals surface area contributed by atoms with Crippen molar-refractivity contribution in [1.29, 1.82) is 0 Å². The molecule has 4 nitrogen and oxygen atoms in total. The molecule has 0 radical (unpaired) electrons. The van der Waals surface area contributed by atoms with E-state index in [9.17, 15) is 9.18 Å². The van der Waals surface area contributed by atoms with Crippen molar-refractivity contribution in [2.75, 3.05) is 23.3 Å². The Labute approximate surface area is 135 Å². The number of carbonyl (C=O) groups excluding carboxylic acids is 1. The number of amides is 1. The van der Waals surface area contributed by atoms with Gasteiger partial charge in [-0.3, -0.25) is 9.78 Å². The Morgan fingerprint density at radius 3 is 2.83 bits per heavy atom. The van der Waals surface area contributed by atoms with Gasteiger partial charge in [0.15, 0.2) is 0 Å². The molecule has 1 aromatic carbocycles. The van der Waals surface area contributed by atoms with Crippen LogP contribution < -0.4 is 10.2 Å². The second-order valence-corrected chi connectivity index (χ2v) is 6.09. The fourth-order valence-corrected chi connectivity index (χ4v) is 2.89. The third-order valence-electron chi connectivity index (χ3n) is 4.11. The summed E-state index contributed by atoms with van der Waals surface area (Å²) in [5.41, 5.74) is 2.04. The van der Waals surface area contributed by atoms with E-state index in [2.05, 4.69) is 22.1 Å². The number of halogens is 1. The molecular formula is C18H20FN3O. The van der Waals surface area contributed by atoms with Gasteiger partial charge in [-0.2, -0.15) is 0 Å². The highest BCUT2D eigenvalue weighted by molar-refractivity contribution is 6.04. The van der Waals surface area contributed by atoms with Crippen LogP contribution in [0, 0.1) is 11.7 Å². The maximum atomic E-state index is 12.9. The number of pyridine rings is 1. The molecule has 0 aliphatic carbocycles. The van der Waals surface area contributed by atoms with Crippen LogP contribution in [0.3, 0.4) is 0 Å². The van der Waals surface area contributed by atoms with Crippen molar-refractivity contribution < 1.29 is 9.18 Å². The molecule has 0 saturated carbocycles. The lowest BCUT2D eigenvalue weighted by atomic mass is 10.00. The van der Waals surface area contributed by atoms with E-state index in [1.807, 2.05) is 6.07 Å². The van der Waals surface area contributed by atoms with Gasteiger partial charge in [0.25, 0.3) is 5.91 Å². The van der Waals surface area contributed by atoms with Crippen LogP contribution in [0.25, 0.3) is 0 Å². The number of nitrogens with zero attached hydrogens (tertiary/aromatic N) is 2. The Morgan fingerprint density at radius 1 is 1.30 bits per heavy atom. The summed E-state index contributed by atoms with van der Waals surface area (Å²) in [4.78, 5) is 18.8. The highest BCUT2D eigenvalue weighted by Crippen LogP contribution is 2.23. The van der Waals surface area contributed by atoms with Crippen LogP contribution >= 0.6 is 0 Å². The predicted molar refractivity (Wildman–Crippen MR) is 89.2 cm³/mol. The Morgan fingerprint density at radius 2 is 2.09 bits per heavy atom. The molecular weight excluding hydrogens is 293 g/mol. The van der Waals surface area contributed by atoms with E-state index in [-0.39, 0.29) is 11.7 Å². The summed E-state index contributed by atoms with van der Waals surface area (Å²) >= 11 is 0. The van der Waals surface area contributed by atoms with Gasteiger partial charge < -0.3 is 10.2 Å². The second-order valence-electron chi connectivity index (χ2n) is 6.09. The topological polar surface area (TPSA) is 45.2 Å².